The minimum absolute atomic E-state index is 0.570. The van der Waals surface area contributed by atoms with Gasteiger partial charge in [0, 0.05) is 45.4 Å². The maximum absolute atomic E-state index is 10.9. The van der Waals surface area contributed by atoms with E-state index in [0.29, 0.717) is 18.2 Å². The largest absolute Gasteiger partial charge is 0.353 e. The third-order valence-corrected chi connectivity index (χ3v) is 3.72. The van der Waals surface area contributed by atoms with Crippen LogP contribution in [-0.2, 0) is 10.8 Å². The summed E-state index contributed by atoms with van der Waals surface area (Å²) in [6.45, 7) is 0.614. The Balaban J connectivity index is 2.17. The fourth-order valence-corrected chi connectivity index (χ4v) is 2.26. The van der Waals surface area contributed by atoms with Crippen LogP contribution in [0.5, 0.6) is 0 Å². The first-order valence-corrected chi connectivity index (χ1v) is 7.64. The van der Waals surface area contributed by atoms with Crippen LogP contribution in [0.1, 0.15) is 0 Å². The monoisotopic (exact) mass is 313 g/mol. The molecule has 1 atom stereocenters. The second kappa shape index (κ2) is 5.55. The molecule has 0 saturated heterocycles. The average molecular weight is 314 g/mol. The minimum atomic E-state index is -0.796. The van der Waals surface area contributed by atoms with Crippen molar-refractivity contribution in [3.8, 4) is 0 Å². The Labute approximate surface area is 110 Å². The predicted molar refractivity (Wildman–Crippen MR) is 74.7 cm³/mol. The summed E-state index contributed by atoms with van der Waals surface area (Å²) in [5, 5.41) is 4.04. The molecule has 6 heteroatoms. The van der Waals surface area contributed by atoms with Crippen molar-refractivity contribution in [3.05, 3.63) is 28.9 Å². The van der Waals surface area contributed by atoms with Crippen LogP contribution in [0.15, 0.2) is 28.9 Å². The van der Waals surface area contributed by atoms with E-state index in [4.69, 9.17) is 0 Å². The Morgan fingerprint density at radius 3 is 3.06 bits per heavy atom. The molecule has 0 saturated carbocycles. The van der Waals surface area contributed by atoms with Gasteiger partial charge < -0.3 is 5.32 Å². The number of aromatic nitrogens is 2. The highest BCUT2D eigenvalue weighted by molar-refractivity contribution is 9.10. The molecular weight excluding hydrogens is 302 g/mol. The Morgan fingerprint density at radius 1 is 1.47 bits per heavy atom. The summed E-state index contributed by atoms with van der Waals surface area (Å²) in [4.78, 5) is 8.60. The van der Waals surface area contributed by atoms with Crippen molar-refractivity contribution >= 4 is 43.6 Å². The van der Waals surface area contributed by atoms with Crippen LogP contribution in [0.3, 0.4) is 0 Å². The number of halogens is 1. The first-order valence-electron chi connectivity index (χ1n) is 5.12. The standard InChI is InChI=1S/C11H12BrN3OS/c1-17(16)6-5-13-11-14-7-8-9(12)3-2-4-10(8)15-11/h2-4,7H,5-6H2,1H3,(H,13,14,15). The van der Waals surface area contributed by atoms with Gasteiger partial charge in [-0.1, -0.05) is 22.0 Å². The summed E-state index contributed by atoms with van der Waals surface area (Å²) in [6.07, 6.45) is 3.46. The molecule has 1 unspecified atom stereocenters. The van der Waals surface area contributed by atoms with Gasteiger partial charge >= 0.3 is 0 Å². The maximum Gasteiger partial charge on any atom is 0.223 e. The van der Waals surface area contributed by atoms with Crippen molar-refractivity contribution in [1.29, 1.82) is 0 Å². The van der Waals surface area contributed by atoms with E-state index < -0.39 is 10.8 Å². The van der Waals surface area contributed by atoms with Crippen LogP contribution in [0.25, 0.3) is 10.9 Å². The topological polar surface area (TPSA) is 54.9 Å². The zero-order chi connectivity index (χ0) is 12.3. The van der Waals surface area contributed by atoms with Gasteiger partial charge in [-0.25, -0.2) is 9.97 Å². The molecular formula is C11H12BrN3OS. The summed E-state index contributed by atoms with van der Waals surface area (Å²) in [5.41, 5.74) is 0.884. The molecule has 0 radical (unpaired) electrons. The van der Waals surface area contributed by atoms with Gasteiger partial charge in [0.1, 0.15) is 0 Å². The molecule has 0 spiro atoms. The van der Waals surface area contributed by atoms with E-state index in [1.165, 1.54) is 0 Å². The van der Waals surface area contributed by atoms with Crippen LogP contribution in [0.2, 0.25) is 0 Å². The first kappa shape index (κ1) is 12.4. The van der Waals surface area contributed by atoms with Crippen LogP contribution in [0.4, 0.5) is 5.95 Å². The summed E-state index contributed by atoms with van der Waals surface area (Å²) in [7, 11) is -0.796. The highest BCUT2D eigenvalue weighted by Crippen LogP contribution is 2.22. The van der Waals surface area contributed by atoms with Gasteiger partial charge in [0.25, 0.3) is 0 Å². The lowest BCUT2D eigenvalue weighted by Crippen LogP contribution is -2.11. The number of anilines is 1. The fraction of sp³-hybridized carbons (Fsp3) is 0.273. The van der Waals surface area contributed by atoms with Gasteiger partial charge in [-0.15, -0.1) is 0 Å². The molecule has 0 amide bonds. The molecule has 2 aromatic rings. The average Bonchev–Trinajstić information content (AvgIpc) is 2.29. The Bertz CT molecular complexity index is 561. The van der Waals surface area contributed by atoms with Crippen molar-refractivity contribution < 1.29 is 4.21 Å². The van der Waals surface area contributed by atoms with Crippen molar-refractivity contribution in [2.24, 2.45) is 0 Å². The third-order valence-electron chi connectivity index (χ3n) is 2.24. The van der Waals surface area contributed by atoms with Crippen molar-refractivity contribution in [1.82, 2.24) is 9.97 Å². The Hall–Kier alpha value is -1.01. The molecule has 4 nitrogen and oxygen atoms in total. The highest BCUT2D eigenvalue weighted by Gasteiger charge is 2.02. The van der Waals surface area contributed by atoms with E-state index in [-0.39, 0.29) is 0 Å². The van der Waals surface area contributed by atoms with Crippen LogP contribution < -0.4 is 5.32 Å². The lowest BCUT2D eigenvalue weighted by molar-refractivity contribution is 0.687. The van der Waals surface area contributed by atoms with Crippen molar-refractivity contribution in [3.63, 3.8) is 0 Å². The lowest BCUT2D eigenvalue weighted by Gasteiger charge is -2.05. The van der Waals surface area contributed by atoms with Gasteiger partial charge in [0.2, 0.25) is 5.95 Å². The Kier molecular flexibility index (Phi) is 4.06. The predicted octanol–water partition coefficient (Wildman–Crippen LogP) is 2.18. The molecule has 0 aliphatic carbocycles. The van der Waals surface area contributed by atoms with E-state index in [0.717, 1.165) is 15.4 Å². The summed E-state index contributed by atoms with van der Waals surface area (Å²) >= 11 is 3.45. The van der Waals surface area contributed by atoms with Gasteiger partial charge in [0.05, 0.1) is 5.52 Å². The fourth-order valence-electron chi connectivity index (χ4n) is 1.41. The molecule has 0 aliphatic rings. The van der Waals surface area contributed by atoms with Gasteiger partial charge in [-0.05, 0) is 12.1 Å². The zero-order valence-corrected chi connectivity index (χ0v) is 11.7. The quantitative estimate of drug-likeness (QED) is 0.940. The summed E-state index contributed by atoms with van der Waals surface area (Å²) < 4.78 is 11.9. The van der Waals surface area contributed by atoms with Crippen LogP contribution >= 0.6 is 15.9 Å². The molecule has 1 aromatic heterocycles. The number of fused-ring (bicyclic) bond motifs is 1. The first-order chi connectivity index (χ1) is 8.16. The second-order valence-electron chi connectivity index (χ2n) is 3.57. The maximum atomic E-state index is 10.9. The molecule has 1 aromatic carbocycles. The zero-order valence-electron chi connectivity index (χ0n) is 9.31. The molecule has 0 fully saturated rings. The number of hydrogen-bond donors (Lipinski definition) is 1. The number of rotatable bonds is 4. The summed E-state index contributed by atoms with van der Waals surface area (Å²) in [5.74, 6) is 1.17. The number of nitrogens with one attached hydrogen (secondary N) is 1. The third kappa shape index (κ3) is 3.23. The van der Waals surface area contributed by atoms with E-state index in [2.05, 4.69) is 31.2 Å². The molecule has 1 heterocycles. The van der Waals surface area contributed by atoms with E-state index in [9.17, 15) is 4.21 Å². The van der Waals surface area contributed by atoms with Crippen molar-refractivity contribution in [2.45, 2.75) is 0 Å². The summed E-state index contributed by atoms with van der Waals surface area (Å²) in [6, 6.07) is 5.83. The SMILES string of the molecule is CS(=O)CCNc1ncc2c(Br)cccc2n1. The van der Waals surface area contributed by atoms with E-state index >= 15 is 0 Å². The van der Waals surface area contributed by atoms with Gasteiger partial charge in [-0.2, -0.15) is 0 Å². The molecule has 2 rings (SSSR count). The minimum Gasteiger partial charge on any atom is -0.353 e. The highest BCUT2D eigenvalue weighted by atomic mass is 79.9. The van der Waals surface area contributed by atoms with Crippen LogP contribution in [-0.4, -0.2) is 32.7 Å². The van der Waals surface area contributed by atoms with Gasteiger partial charge in [-0.3, -0.25) is 4.21 Å². The molecule has 17 heavy (non-hydrogen) atoms. The van der Waals surface area contributed by atoms with E-state index in [1.807, 2.05) is 18.2 Å². The van der Waals surface area contributed by atoms with Gasteiger partial charge in [0.15, 0.2) is 0 Å². The molecule has 90 valence electrons. The molecule has 0 aliphatic heterocycles. The van der Waals surface area contributed by atoms with E-state index in [1.54, 1.807) is 12.5 Å². The smallest absolute Gasteiger partial charge is 0.223 e. The molecule has 1 N–H and O–H groups in total. The number of benzene rings is 1. The number of hydrogen-bond acceptors (Lipinski definition) is 4. The van der Waals surface area contributed by atoms with Crippen LogP contribution in [0, 0.1) is 0 Å². The molecule has 0 bridgehead atoms. The van der Waals surface area contributed by atoms with Crippen molar-refractivity contribution in [2.75, 3.05) is 23.9 Å². The normalized spacial score (nSPS) is 12.6. The lowest BCUT2D eigenvalue weighted by atomic mass is 10.2. The second-order valence-corrected chi connectivity index (χ2v) is 5.98. The Morgan fingerprint density at radius 2 is 2.29 bits per heavy atom. The number of nitrogens with zero attached hydrogens (tertiary/aromatic N) is 2.